The van der Waals surface area contributed by atoms with E-state index in [4.69, 9.17) is 10.5 Å². The summed E-state index contributed by atoms with van der Waals surface area (Å²) in [5, 5.41) is 0. The van der Waals surface area contributed by atoms with Crippen molar-refractivity contribution in [3.05, 3.63) is 0 Å². The smallest absolute Gasteiger partial charge is 0.0801 e. The number of rotatable bonds is 6. The van der Waals surface area contributed by atoms with E-state index in [1.807, 2.05) is 6.92 Å². The molecule has 0 aromatic carbocycles. The fourth-order valence-electron chi connectivity index (χ4n) is 1.42. The Kier molecular flexibility index (Phi) is 5.51. The summed E-state index contributed by atoms with van der Waals surface area (Å²) in [7, 11) is 0. The molecule has 0 aliphatic heterocycles. The second-order valence-electron chi connectivity index (χ2n) is 2.92. The van der Waals surface area contributed by atoms with E-state index >= 15 is 0 Å². The van der Waals surface area contributed by atoms with Gasteiger partial charge in [-0.15, -0.1) is 0 Å². The maximum absolute atomic E-state index is 5.67. The van der Waals surface area contributed by atoms with E-state index in [-0.39, 0.29) is 5.60 Å². The molecular formula is C9H21NO. The molecule has 2 N–H and O–H groups in total. The van der Waals surface area contributed by atoms with Crippen LogP contribution in [0.2, 0.25) is 0 Å². The van der Waals surface area contributed by atoms with Crippen molar-refractivity contribution < 1.29 is 4.74 Å². The monoisotopic (exact) mass is 159 g/mol. The van der Waals surface area contributed by atoms with Crippen molar-refractivity contribution in [1.82, 2.24) is 0 Å². The van der Waals surface area contributed by atoms with Gasteiger partial charge < -0.3 is 10.5 Å². The topological polar surface area (TPSA) is 35.2 Å². The third-order valence-electron chi connectivity index (χ3n) is 2.17. The van der Waals surface area contributed by atoms with Crippen molar-refractivity contribution in [3.63, 3.8) is 0 Å². The molecule has 0 heterocycles. The van der Waals surface area contributed by atoms with E-state index in [0.29, 0.717) is 6.54 Å². The first kappa shape index (κ1) is 10.9. The molecule has 0 amide bonds. The minimum Gasteiger partial charge on any atom is -0.374 e. The molecule has 2 heteroatoms. The molecule has 2 nitrogen and oxygen atoms in total. The Morgan fingerprint density at radius 2 is 1.91 bits per heavy atom. The van der Waals surface area contributed by atoms with Crippen molar-refractivity contribution in [2.45, 2.75) is 45.6 Å². The van der Waals surface area contributed by atoms with Crippen LogP contribution in [-0.4, -0.2) is 18.8 Å². The van der Waals surface area contributed by atoms with E-state index in [1.165, 1.54) is 0 Å². The molecule has 1 atom stereocenters. The van der Waals surface area contributed by atoms with Gasteiger partial charge in [-0.3, -0.25) is 0 Å². The van der Waals surface area contributed by atoms with Crippen LogP contribution in [0, 0.1) is 0 Å². The summed E-state index contributed by atoms with van der Waals surface area (Å²) in [5.41, 5.74) is 5.63. The summed E-state index contributed by atoms with van der Waals surface area (Å²) in [4.78, 5) is 0. The van der Waals surface area contributed by atoms with Crippen LogP contribution < -0.4 is 5.73 Å². The Hall–Kier alpha value is -0.0800. The molecule has 11 heavy (non-hydrogen) atoms. The second-order valence-corrected chi connectivity index (χ2v) is 2.92. The van der Waals surface area contributed by atoms with E-state index in [1.54, 1.807) is 0 Å². The Bertz CT molecular complexity index is 81.6. The van der Waals surface area contributed by atoms with Gasteiger partial charge in [-0.05, 0) is 19.8 Å². The molecule has 0 saturated carbocycles. The largest absolute Gasteiger partial charge is 0.374 e. The minimum atomic E-state index is -0.0382. The highest BCUT2D eigenvalue weighted by molar-refractivity contribution is 4.79. The lowest BCUT2D eigenvalue weighted by Gasteiger charge is -2.30. The minimum absolute atomic E-state index is 0.0382. The molecule has 0 rings (SSSR count). The molecule has 0 bridgehead atoms. The second kappa shape index (κ2) is 5.56. The third kappa shape index (κ3) is 3.21. The average Bonchev–Trinajstić information content (AvgIpc) is 2.04. The first-order valence-electron chi connectivity index (χ1n) is 4.58. The van der Waals surface area contributed by atoms with Crippen LogP contribution >= 0.6 is 0 Å². The molecule has 1 unspecified atom stereocenters. The zero-order chi connectivity index (χ0) is 8.74. The normalized spacial score (nSPS) is 16.4. The average molecular weight is 159 g/mol. The molecule has 0 aliphatic rings. The fourth-order valence-corrected chi connectivity index (χ4v) is 1.42. The summed E-state index contributed by atoms with van der Waals surface area (Å²) in [6.45, 7) is 7.74. The van der Waals surface area contributed by atoms with Crippen LogP contribution in [0.4, 0.5) is 0 Å². The van der Waals surface area contributed by atoms with Gasteiger partial charge in [0.15, 0.2) is 0 Å². The van der Waals surface area contributed by atoms with Crippen molar-refractivity contribution in [2.24, 2.45) is 5.73 Å². The SMILES string of the molecule is CCCC(CC)(CN)OCC. The first-order valence-corrected chi connectivity index (χ1v) is 4.58. The highest BCUT2D eigenvalue weighted by atomic mass is 16.5. The molecule has 0 aromatic heterocycles. The highest BCUT2D eigenvalue weighted by Crippen LogP contribution is 2.20. The zero-order valence-corrected chi connectivity index (χ0v) is 8.02. The summed E-state index contributed by atoms with van der Waals surface area (Å²) >= 11 is 0. The van der Waals surface area contributed by atoms with Crippen LogP contribution in [0.25, 0.3) is 0 Å². The van der Waals surface area contributed by atoms with Crippen molar-refractivity contribution in [3.8, 4) is 0 Å². The van der Waals surface area contributed by atoms with E-state index in [0.717, 1.165) is 25.9 Å². The predicted molar refractivity (Wildman–Crippen MR) is 48.6 cm³/mol. The fraction of sp³-hybridized carbons (Fsp3) is 1.00. The van der Waals surface area contributed by atoms with Crippen LogP contribution in [0.15, 0.2) is 0 Å². The Labute approximate surface area is 70.1 Å². The van der Waals surface area contributed by atoms with E-state index in [9.17, 15) is 0 Å². The van der Waals surface area contributed by atoms with Crippen LogP contribution in [0.3, 0.4) is 0 Å². The van der Waals surface area contributed by atoms with Gasteiger partial charge in [0.25, 0.3) is 0 Å². The maximum Gasteiger partial charge on any atom is 0.0801 e. The van der Waals surface area contributed by atoms with Gasteiger partial charge in [0.05, 0.1) is 5.60 Å². The van der Waals surface area contributed by atoms with Gasteiger partial charge in [0, 0.05) is 13.2 Å². The Balaban J connectivity index is 3.96. The third-order valence-corrected chi connectivity index (χ3v) is 2.17. The summed E-state index contributed by atoms with van der Waals surface area (Å²) in [5.74, 6) is 0. The standard InChI is InChI=1S/C9H21NO/c1-4-7-9(5-2,8-10)11-6-3/h4-8,10H2,1-3H3. The molecule has 0 fully saturated rings. The molecule has 0 spiro atoms. The Morgan fingerprint density at radius 3 is 2.18 bits per heavy atom. The summed E-state index contributed by atoms with van der Waals surface area (Å²) < 4.78 is 5.64. The predicted octanol–water partition coefficient (Wildman–Crippen LogP) is 1.93. The molecule has 68 valence electrons. The quantitative estimate of drug-likeness (QED) is 0.642. The summed E-state index contributed by atoms with van der Waals surface area (Å²) in [6, 6.07) is 0. The highest BCUT2D eigenvalue weighted by Gasteiger charge is 2.25. The van der Waals surface area contributed by atoms with Crippen LogP contribution in [-0.2, 0) is 4.74 Å². The van der Waals surface area contributed by atoms with Gasteiger partial charge in [0.1, 0.15) is 0 Å². The van der Waals surface area contributed by atoms with E-state index < -0.39 is 0 Å². The van der Waals surface area contributed by atoms with Gasteiger partial charge in [-0.2, -0.15) is 0 Å². The van der Waals surface area contributed by atoms with Gasteiger partial charge in [-0.25, -0.2) is 0 Å². The number of ether oxygens (including phenoxy) is 1. The first-order chi connectivity index (χ1) is 5.24. The van der Waals surface area contributed by atoms with Crippen molar-refractivity contribution in [2.75, 3.05) is 13.2 Å². The maximum atomic E-state index is 5.67. The number of nitrogens with two attached hydrogens (primary N) is 1. The number of hydrogen-bond donors (Lipinski definition) is 1. The number of hydrogen-bond acceptors (Lipinski definition) is 2. The van der Waals surface area contributed by atoms with Crippen LogP contribution in [0.1, 0.15) is 40.0 Å². The van der Waals surface area contributed by atoms with E-state index in [2.05, 4.69) is 13.8 Å². The Morgan fingerprint density at radius 1 is 1.27 bits per heavy atom. The van der Waals surface area contributed by atoms with Crippen molar-refractivity contribution in [1.29, 1.82) is 0 Å². The van der Waals surface area contributed by atoms with Gasteiger partial charge >= 0.3 is 0 Å². The van der Waals surface area contributed by atoms with Gasteiger partial charge in [-0.1, -0.05) is 20.3 Å². The molecule has 0 aromatic rings. The lowest BCUT2D eigenvalue weighted by molar-refractivity contribution is -0.0416. The van der Waals surface area contributed by atoms with Crippen molar-refractivity contribution >= 4 is 0 Å². The molecule has 0 aliphatic carbocycles. The molecular weight excluding hydrogens is 138 g/mol. The molecule has 0 saturated heterocycles. The molecule has 0 radical (unpaired) electrons. The van der Waals surface area contributed by atoms with Gasteiger partial charge in [0.2, 0.25) is 0 Å². The zero-order valence-electron chi connectivity index (χ0n) is 8.02. The summed E-state index contributed by atoms with van der Waals surface area (Å²) in [6.07, 6.45) is 3.24. The van der Waals surface area contributed by atoms with Crippen LogP contribution in [0.5, 0.6) is 0 Å². The lowest BCUT2D eigenvalue weighted by Crippen LogP contribution is -2.40. The lowest BCUT2D eigenvalue weighted by atomic mass is 9.95.